The molecule has 0 heterocycles. The summed E-state index contributed by atoms with van der Waals surface area (Å²) in [6.07, 6.45) is 0. The van der Waals surface area contributed by atoms with E-state index < -0.39 is 0 Å². The van der Waals surface area contributed by atoms with Crippen LogP contribution in [0.5, 0.6) is 5.75 Å². The van der Waals surface area contributed by atoms with E-state index in [0.717, 1.165) is 5.69 Å². The molecule has 2 aromatic rings. The van der Waals surface area contributed by atoms with Crippen molar-refractivity contribution in [2.45, 2.75) is 6.54 Å². The smallest absolute Gasteiger partial charge is 0.251 e. The molecule has 0 bridgehead atoms. The van der Waals surface area contributed by atoms with Gasteiger partial charge in [-0.25, -0.2) is 0 Å². The fourth-order valence-electron chi connectivity index (χ4n) is 1.83. The first-order chi connectivity index (χ1) is 9.61. The molecule has 20 heavy (non-hydrogen) atoms. The van der Waals surface area contributed by atoms with Crippen molar-refractivity contribution < 1.29 is 9.90 Å². The van der Waals surface area contributed by atoms with E-state index in [1.807, 2.05) is 6.07 Å². The van der Waals surface area contributed by atoms with Crippen LogP contribution in [0, 0.1) is 0 Å². The maximum absolute atomic E-state index is 11.5. The van der Waals surface area contributed by atoms with E-state index in [1.54, 1.807) is 43.4 Å². The van der Waals surface area contributed by atoms with Gasteiger partial charge in [-0.05, 0) is 30.3 Å². The van der Waals surface area contributed by atoms with Crippen LogP contribution in [0.4, 0.5) is 5.69 Å². The van der Waals surface area contributed by atoms with Gasteiger partial charge in [-0.15, -0.1) is 0 Å². The second-order valence-corrected chi connectivity index (χ2v) is 4.66. The number of nitrogens with one attached hydrogen (secondary N) is 2. The van der Waals surface area contributed by atoms with E-state index in [2.05, 4.69) is 10.6 Å². The summed E-state index contributed by atoms with van der Waals surface area (Å²) in [7, 11) is 1.59. The monoisotopic (exact) mass is 290 g/mol. The van der Waals surface area contributed by atoms with E-state index in [9.17, 15) is 9.90 Å². The predicted octanol–water partition coefficient (Wildman–Crippen LogP) is 3.02. The second kappa shape index (κ2) is 6.30. The Morgan fingerprint density at radius 3 is 2.70 bits per heavy atom. The SMILES string of the molecule is CNC(=O)c1cccc(NCc2c(O)cccc2Cl)c1. The highest BCUT2D eigenvalue weighted by Crippen LogP contribution is 2.26. The first-order valence-electron chi connectivity index (χ1n) is 6.14. The third-order valence-corrected chi connectivity index (χ3v) is 3.27. The number of hydrogen-bond acceptors (Lipinski definition) is 3. The molecule has 0 radical (unpaired) electrons. The van der Waals surface area contributed by atoms with Crippen molar-refractivity contribution in [3.05, 3.63) is 58.6 Å². The molecule has 0 aliphatic carbocycles. The zero-order valence-corrected chi connectivity index (χ0v) is 11.7. The molecule has 0 saturated carbocycles. The number of amides is 1. The zero-order chi connectivity index (χ0) is 14.5. The Morgan fingerprint density at radius 1 is 1.25 bits per heavy atom. The fraction of sp³-hybridized carbons (Fsp3) is 0.133. The minimum absolute atomic E-state index is 0.144. The van der Waals surface area contributed by atoms with Crippen LogP contribution in [-0.2, 0) is 6.54 Å². The van der Waals surface area contributed by atoms with Crippen LogP contribution in [0.25, 0.3) is 0 Å². The molecule has 0 aromatic heterocycles. The van der Waals surface area contributed by atoms with Gasteiger partial charge in [-0.1, -0.05) is 23.7 Å². The van der Waals surface area contributed by atoms with Crippen LogP contribution in [0.15, 0.2) is 42.5 Å². The highest BCUT2D eigenvalue weighted by molar-refractivity contribution is 6.31. The lowest BCUT2D eigenvalue weighted by Crippen LogP contribution is -2.17. The maximum Gasteiger partial charge on any atom is 0.251 e. The second-order valence-electron chi connectivity index (χ2n) is 4.25. The van der Waals surface area contributed by atoms with Crippen LogP contribution in [-0.4, -0.2) is 18.1 Å². The van der Waals surface area contributed by atoms with E-state index in [-0.39, 0.29) is 11.7 Å². The van der Waals surface area contributed by atoms with Crippen molar-refractivity contribution in [1.82, 2.24) is 5.32 Å². The average molecular weight is 291 g/mol. The number of anilines is 1. The molecule has 1 amide bonds. The van der Waals surface area contributed by atoms with Crippen molar-refractivity contribution in [3.63, 3.8) is 0 Å². The van der Waals surface area contributed by atoms with Gasteiger partial charge in [0, 0.05) is 35.4 Å². The average Bonchev–Trinajstić information content (AvgIpc) is 2.46. The standard InChI is InChI=1S/C15H15ClN2O2/c1-17-15(20)10-4-2-5-11(8-10)18-9-12-13(16)6-3-7-14(12)19/h2-8,18-19H,9H2,1H3,(H,17,20). The van der Waals surface area contributed by atoms with E-state index >= 15 is 0 Å². The molecule has 0 saturated heterocycles. The molecule has 0 spiro atoms. The minimum atomic E-state index is -0.144. The summed E-state index contributed by atoms with van der Waals surface area (Å²) >= 11 is 6.04. The van der Waals surface area contributed by atoms with Crippen LogP contribution >= 0.6 is 11.6 Å². The first-order valence-corrected chi connectivity index (χ1v) is 6.52. The summed E-state index contributed by atoms with van der Waals surface area (Å²) in [4.78, 5) is 11.5. The normalized spacial score (nSPS) is 10.1. The predicted molar refractivity (Wildman–Crippen MR) is 80.3 cm³/mol. The van der Waals surface area contributed by atoms with Crippen molar-refractivity contribution in [1.29, 1.82) is 0 Å². The summed E-state index contributed by atoms with van der Waals surface area (Å²) in [5.74, 6) is 0.00157. The van der Waals surface area contributed by atoms with Crippen LogP contribution in [0.3, 0.4) is 0 Å². The van der Waals surface area contributed by atoms with Crippen molar-refractivity contribution >= 4 is 23.2 Å². The molecular formula is C15H15ClN2O2. The van der Waals surface area contributed by atoms with Gasteiger partial charge in [0.1, 0.15) is 5.75 Å². The third-order valence-electron chi connectivity index (χ3n) is 2.92. The Kier molecular flexibility index (Phi) is 4.48. The van der Waals surface area contributed by atoms with Gasteiger partial charge < -0.3 is 15.7 Å². The maximum atomic E-state index is 11.5. The number of phenols is 1. The lowest BCUT2D eigenvalue weighted by atomic mass is 10.1. The molecule has 0 aliphatic heterocycles. The molecule has 2 rings (SSSR count). The quantitative estimate of drug-likeness (QED) is 0.811. The van der Waals surface area contributed by atoms with Crippen molar-refractivity contribution in [2.24, 2.45) is 0 Å². The number of phenolic OH excluding ortho intramolecular Hbond substituents is 1. The Balaban J connectivity index is 2.13. The number of aromatic hydroxyl groups is 1. The Labute approximate surface area is 122 Å². The number of hydrogen-bond donors (Lipinski definition) is 3. The molecule has 0 aliphatic rings. The van der Waals surface area contributed by atoms with E-state index in [4.69, 9.17) is 11.6 Å². The van der Waals surface area contributed by atoms with Gasteiger partial charge in [0.25, 0.3) is 5.91 Å². The lowest BCUT2D eigenvalue weighted by molar-refractivity contribution is 0.0963. The van der Waals surface area contributed by atoms with Gasteiger partial charge in [0.15, 0.2) is 0 Å². The Hall–Kier alpha value is -2.20. The highest BCUT2D eigenvalue weighted by Gasteiger charge is 2.07. The number of benzene rings is 2. The summed E-state index contributed by atoms with van der Waals surface area (Å²) < 4.78 is 0. The summed E-state index contributed by atoms with van der Waals surface area (Å²) in [6, 6.07) is 12.1. The largest absolute Gasteiger partial charge is 0.508 e. The summed E-state index contributed by atoms with van der Waals surface area (Å²) in [6.45, 7) is 0.378. The minimum Gasteiger partial charge on any atom is -0.508 e. The van der Waals surface area contributed by atoms with Crippen molar-refractivity contribution in [3.8, 4) is 5.75 Å². The van der Waals surface area contributed by atoms with Crippen LogP contribution in [0.1, 0.15) is 15.9 Å². The molecule has 0 unspecified atom stereocenters. The third kappa shape index (κ3) is 3.22. The number of rotatable bonds is 4. The van der Waals surface area contributed by atoms with Gasteiger partial charge in [-0.3, -0.25) is 4.79 Å². The van der Waals surface area contributed by atoms with Crippen molar-refractivity contribution in [2.75, 3.05) is 12.4 Å². The Bertz CT molecular complexity index is 609. The summed E-state index contributed by atoms with van der Waals surface area (Å²) in [5.41, 5.74) is 1.98. The molecule has 5 heteroatoms. The molecule has 0 fully saturated rings. The number of carbonyl (C=O) groups excluding carboxylic acids is 1. The molecule has 4 nitrogen and oxygen atoms in total. The first kappa shape index (κ1) is 14.2. The summed E-state index contributed by atoms with van der Waals surface area (Å²) in [5, 5.41) is 16.0. The van der Waals surface area contributed by atoms with Gasteiger partial charge in [0.05, 0.1) is 0 Å². The van der Waals surface area contributed by atoms with E-state index in [1.165, 1.54) is 0 Å². The molecule has 0 atom stereocenters. The topological polar surface area (TPSA) is 61.4 Å². The van der Waals surface area contributed by atoms with Gasteiger partial charge >= 0.3 is 0 Å². The van der Waals surface area contributed by atoms with Gasteiger partial charge in [-0.2, -0.15) is 0 Å². The molecule has 3 N–H and O–H groups in total. The number of halogens is 1. The van der Waals surface area contributed by atoms with Crippen LogP contribution < -0.4 is 10.6 Å². The zero-order valence-electron chi connectivity index (χ0n) is 11.0. The number of carbonyl (C=O) groups is 1. The molecule has 2 aromatic carbocycles. The molecule has 104 valence electrons. The fourth-order valence-corrected chi connectivity index (χ4v) is 2.06. The lowest BCUT2D eigenvalue weighted by Gasteiger charge is -2.10. The molecular weight excluding hydrogens is 276 g/mol. The van der Waals surface area contributed by atoms with E-state index in [0.29, 0.717) is 22.7 Å². The highest BCUT2D eigenvalue weighted by atomic mass is 35.5. The van der Waals surface area contributed by atoms with Crippen LogP contribution in [0.2, 0.25) is 5.02 Å². The van der Waals surface area contributed by atoms with Gasteiger partial charge in [0.2, 0.25) is 0 Å². The Morgan fingerprint density at radius 2 is 2.00 bits per heavy atom.